The van der Waals surface area contributed by atoms with Crippen LogP contribution in [-0.4, -0.2) is 28.2 Å². The maximum atomic E-state index is 5.55. The molecule has 2 N–H and O–H groups in total. The molecule has 32 valence electrons. The normalized spacial score (nSPS) is 19.8. The van der Waals surface area contributed by atoms with E-state index in [1.165, 1.54) is 4.18 Å². The van der Waals surface area contributed by atoms with Crippen molar-refractivity contribution in [3.63, 3.8) is 0 Å². The second kappa shape index (κ2) is 1.98. The van der Waals surface area contributed by atoms with Gasteiger partial charge >= 0.3 is 45.5 Å². The summed E-state index contributed by atoms with van der Waals surface area (Å²) >= 11 is -1.54. The van der Waals surface area contributed by atoms with Gasteiger partial charge in [-0.05, 0) is 0 Å². The third-order valence-corrected chi connectivity index (χ3v) is 5.22. The SMILES string of the molecule is [NH2][In]1[CH2]CC=[N]1. The van der Waals surface area contributed by atoms with E-state index in [-0.39, 0.29) is 0 Å². The van der Waals surface area contributed by atoms with Crippen LogP contribution in [0.15, 0.2) is 2.98 Å². The number of nitrogens with two attached hydrogens (primary N) is 1. The minimum atomic E-state index is -1.54. The van der Waals surface area contributed by atoms with Gasteiger partial charge in [0.25, 0.3) is 0 Å². The fraction of sp³-hybridized carbons (Fsp3) is 0.667. The van der Waals surface area contributed by atoms with Crippen molar-refractivity contribution in [2.75, 3.05) is 0 Å². The number of hydrogen-bond donors (Lipinski definition) is 1. The van der Waals surface area contributed by atoms with E-state index in [1.54, 1.807) is 0 Å². The van der Waals surface area contributed by atoms with Crippen molar-refractivity contribution in [1.82, 2.24) is 0 Å². The molecule has 1 aliphatic heterocycles. The molecule has 1 rings (SSSR count). The van der Waals surface area contributed by atoms with Gasteiger partial charge in [0.1, 0.15) is 0 Å². The minimum absolute atomic E-state index is 1.16. The zero-order valence-corrected chi connectivity index (χ0v) is 6.89. The molecule has 0 aromatic carbocycles. The Hall–Kier alpha value is 0.500. The Labute approximate surface area is 45.8 Å². The van der Waals surface area contributed by atoms with Crippen molar-refractivity contribution in [1.29, 1.82) is 0 Å². The van der Waals surface area contributed by atoms with Crippen molar-refractivity contribution in [3.8, 4) is 0 Å². The van der Waals surface area contributed by atoms with Crippen LogP contribution < -0.4 is 3.72 Å². The topological polar surface area (TPSA) is 38.4 Å². The maximum absolute atomic E-state index is 5.55. The molecule has 1 aliphatic rings. The van der Waals surface area contributed by atoms with Gasteiger partial charge in [-0.2, -0.15) is 0 Å². The monoisotopic (exact) mass is 186 g/mol. The van der Waals surface area contributed by atoms with E-state index >= 15 is 0 Å². The Kier molecular flexibility index (Phi) is 1.54. The summed E-state index contributed by atoms with van der Waals surface area (Å²) in [5.74, 6) is 0. The van der Waals surface area contributed by atoms with Crippen LogP contribution in [0.25, 0.3) is 0 Å². The summed E-state index contributed by atoms with van der Waals surface area (Å²) in [6, 6.07) is 0. The molecule has 0 atom stereocenters. The predicted octanol–water partition coefficient (Wildman–Crippen LogP) is -0.0922. The molecule has 3 heteroatoms. The van der Waals surface area contributed by atoms with Crippen LogP contribution in [0.2, 0.25) is 4.18 Å². The van der Waals surface area contributed by atoms with Gasteiger partial charge in [-0.1, -0.05) is 0 Å². The van der Waals surface area contributed by atoms with Crippen LogP contribution in [-0.2, 0) is 0 Å². The van der Waals surface area contributed by atoms with Crippen LogP contribution >= 0.6 is 0 Å². The van der Waals surface area contributed by atoms with E-state index < -0.39 is 22.0 Å². The van der Waals surface area contributed by atoms with Gasteiger partial charge in [0, 0.05) is 0 Å². The van der Waals surface area contributed by atoms with Crippen molar-refractivity contribution in [2.24, 2.45) is 6.70 Å². The van der Waals surface area contributed by atoms with Crippen LogP contribution in [0.1, 0.15) is 6.42 Å². The van der Waals surface area contributed by atoms with Gasteiger partial charge in [0.15, 0.2) is 0 Å². The molecule has 0 saturated carbocycles. The molecule has 6 heavy (non-hydrogen) atoms. The van der Waals surface area contributed by atoms with Crippen LogP contribution in [0.4, 0.5) is 0 Å². The van der Waals surface area contributed by atoms with Crippen LogP contribution in [0.5, 0.6) is 0 Å². The van der Waals surface area contributed by atoms with Crippen LogP contribution in [0.3, 0.4) is 0 Å². The van der Waals surface area contributed by atoms with Gasteiger partial charge < -0.3 is 0 Å². The van der Waals surface area contributed by atoms with Gasteiger partial charge in [-0.15, -0.1) is 0 Å². The van der Waals surface area contributed by atoms with Crippen molar-refractivity contribution >= 4 is 28.2 Å². The molecule has 0 radical (unpaired) electrons. The second-order valence-corrected chi connectivity index (χ2v) is 7.21. The third kappa shape index (κ3) is 0.980. The Bertz CT molecular complexity index is 71.2. The van der Waals surface area contributed by atoms with E-state index in [0.717, 1.165) is 6.42 Å². The molecule has 0 saturated heterocycles. The zero-order valence-electron chi connectivity index (χ0n) is 3.59. The van der Waals surface area contributed by atoms with Gasteiger partial charge in [-0.25, -0.2) is 0 Å². The van der Waals surface area contributed by atoms with Gasteiger partial charge in [0.05, 0.1) is 0 Å². The third-order valence-electron chi connectivity index (χ3n) is 0.888. The summed E-state index contributed by atoms with van der Waals surface area (Å²) in [6.45, 7) is 0. The molecule has 0 aromatic heterocycles. The van der Waals surface area contributed by atoms with Gasteiger partial charge in [-0.3, -0.25) is 0 Å². The van der Waals surface area contributed by atoms with E-state index in [1.807, 2.05) is 6.21 Å². The standard InChI is InChI=1S/C3H5N.In.H2N/c1-2-3-4;;/h3H,1-2H2;;1H2/q-1;+2;-1. The molecule has 0 aromatic rings. The second-order valence-electron chi connectivity index (χ2n) is 1.48. The van der Waals surface area contributed by atoms with E-state index in [9.17, 15) is 0 Å². The first-order valence-corrected chi connectivity index (χ1v) is 7.87. The fourth-order valence-electron chi connectivity index (χ4n) is 0.530. The molecule has 0 fully saturated rings. The molecule has 0 spiro atoms. The summed E-state index contributed by atoms with van der Waals surface area (Å²) in [6.07, 6.45) is 3.14. The Morgan fingerprint density at radius 1 is 1.83 bits per heavy atom. The van der Waals surface area contributed by atoms with Crippen molar-refractivity contribution in [2.45, 2.75) is 10.6 Å². The summed E-state index contributed by atoms with van der Waals surface area (Å²) in [7, 11) is 0. The molecule has 0 amide bonds. The molecular weight excluding hydrogens is 179 g/mol. The summed E-state index contributed by atoms with van der Waals surface area (Å²) < 4.78 is 10.9. The van der Waals surface area contributed by atoms with Crippen molar-refractivity contribution in [3.05, 3.63) is 0 Å². The number of nitrogens with zero attached hydrogens (tertiary/aromatic N) is 1. The molecule has 0 aliphatic carbocycles. The first kappa shape index (κ1) is 4.65. The first-order chi connectivity index (χ1) is 2.89. The molecule has 0 bridgehead atoms. The first-order valence-electron chi connectivity index (χ1n) is 2.17. The summed E-state index contributed by atoms with van der Waals surface area (Å²) in [5, 5.41) is 0. The van der Waals surface area contributed by atoms with E-state index in [2.05, 4.69) is 2.98 Å². The Morgan fingerprint density at radius 2 is 2.67 bits per heavy atom. The van der Waals surface area contributed by atoms with E-state index in [0.29, 0.717) is 0 Å². The fourth-order valence-corrected chi connectivity index (χ4v) is 3.55. The number of hydrogen-bond acceptors (Lipinski definition) is 2. The average Bonchev–Trinajstić information content (AvgIpc) is 1.86. The summed E-state index contributed by atoms with van der Waals surface area (Å²) in [5.41, 5.74) is 0. The quantitative estimate of drug-likeness (QED) is 0.563. The number of rotatable bonds is 0. The molecule has 2 nitrogen and oxygen atoms in total. The van der Waals surface area contributed by atoms with Gasteiger partial charge in [0.2, 0.25) is 0 Å². The van der Waals surface area contributed by atoms with Crippen LogP contribution in [0, 0.1) is 0 Å². The molecular formula is C3H7InN2. The van der Waals surface area contributed by atoms with E-state index in [4.69, 9.17) is 3.72 Å². The van der Waals surface area contributed by atoms with Crippen molar-refractivity contribution < 1.29 is 0 Å². The average molecular weight is 186 g/mol. The molecule has 1 heterocycles. The zero-order chi connectivity index (χ0) is 4.41. The Balaban J connectivity index is 2.38. The summed E-state index contributed by atoms with van der Waals surface area (Å²) in [4.78, 5) is 0. The Morgan fingerprint density at radius 3 is 2.83 bits per heavy atom. The predicted molar refractivity (Wildman–Crippen MR) is 27.9 cm³/mol. The molecule has 0 unspecified atom stereocenters.